The van der Waals surface area contributed by atoms with E-state index in [0.717, 1.165) is 24.0 Å². The van der Waals surface area contributed by atoms with Gasteiger partial charge in [0, 0.05) is 25.1 Å². The van der Waals surface area contributed by atoms with E-state index in [1.807, 2.05) is 60.7 Å². The smallest absolute Gasteiger partial charge is 0.253 e. The summed E-state index contributed by atoms with van der Waals surface area (Å²) in [5.41, 5.74) is 2.56. The Labute approximate surface area is 170 Å². The van der Waals surface area contributed by atoms with Gasteiger partial charge in [0.25, 0.3) is 5.91 Å². The summed E-state index contributed by atoms with van der Waals surface area (Å²) < 4.78 is 11.2. The number of nitrogens with zero attached hydrogens (tertiary/aromatic N) is 1. The Morgan fingerprint density at radius 3 is 2.10 bits per heavy atom. The molecule has 3 aromatic rings. The summed E-state index contributed by atoms with van der Waals surface area (Å²) in [6, 6.07) is 23.2. The fourth-order valence-corrected chi connectivity index (χ4v) is 3.41. The summed E-state index contributed by atoms with van der Waals surface area (Å²) in [7, 11) is 0. The van der Waals surface area contributed by atoms with Gasteiger partial charge in [-0.3, -0.25) is 4.79 Å². The van der Waals surface area contributed by atoms with Crippen molar-refractivity contribution in [2.45, 2.75) is 25.0 Å². The highest BCUT2D eigenvalue weighted by Crippen LogP contribution is 2.23. The molecule has 4 rings (SSSR count). The van der Waals surface area contributed by atoms with E-state index in [2.05, 4.69) is 10.3 Å². The molecule has 0 atom stereocenters. The third kappa shape index (κ3) is 5.00. The van der Waals surface area contributed by atoms with Gasteiger partial charge >= 0.3 is 0 Å². The van der Waals surface area contributed by atoms with Crippen LogP contribution >= 0.6 is 0 Å². The van der Waals surface area contributed by atoms with Gasteiger partial charge in [-0.2, -0.15) is 0 Å². The number of aromatic nitrogens is 1. The van der Waals surface area contributed by atoms with Gasteiger partial charge in [0.2, 0.25) is 5.88 Å². The highest BCUT2D eigenvalue weighted by Gasteiger charge is 2.19. The predicted molar refractivity (Wildman–Crippen MR) is 111 cm³/mol. The quantitative estimate of drug-likeness (QED) is 0.689. The standard InChI is InChI=1S/C24H24N2O3/c27-24(20-11-12-22(25-17-20)29-21-13-15-28-16-14-21)26-23(18-7-3-1-4-8-18)19-9-5-2-6-10-19/h1-12,17,21,23H,13-16H2,(H,26,27). The Morgan fingerprint density at radius 2 is 1.55 bits per heavy atom. The third-order valence-electron chi connectivity index (χ3n) is 5.00. The van der Waals surface area contributed by atoms with Crippen molar-refractivity contribution < 1.29 is 14.3 Å². The lowest BCUT2D eigenvalue weighted by Crippen LogP contribution is -2.29. The van der Waals surface area contributed by atoms with Gasteiger partial charge in [-0.1, -0.05) is 60.7 Å². The molecule has 1 aliphatic heterocycles. The molecule has 148 valence electrons. The van der Waals surface area contributed by atoms with E-state index in [1.165, 1.54) is 0 Å². The lowest BCUT2D eigenvalue weighted by molar-refractivity contribution is 0.0237. The van der Waals surface area contributed by atoms with E-state index in [1.54, 1.807) is 18.3 Å². The Hall–Kier alpha value is -3.18. The minimum Gasteiger partial charge on any atom is -0.474 e. The van der Waals surface area contributed by atoms with Gasteiger partial charge in [-0.15, -0.1) is 0 Å². The van der Waals surface area contributed by atoms with Gasteiger partial charge in [0.15, 0.2) is 0 Å². The maximum atomic E-state index is 12.9. The van der Waals surface area contributed by atoms with Crippen LogP contribution in [0.25, 0.3) is 0 Å². The molecule has 1 amide bonds. The first-order valence-corrected chi connectivity index (χ1v) is 9.91. The van der Waals surface area contributed by atoms with Crippen LogP contribution in [-0.2, 0) is 4.74 Å². The number of benzene rings is 2. The molecule has 1 N–H and O–H groups in total. The average molecular weight is 388 g/mol. The lowest BCUT2D eigenvalue weighted by Gasteiger charge is -2.22. The van der Waals surface area contributed by atoms with Gasteiger partial charge in [0.1, 0.15) is 6.10 Å². The largest absolute Gasteiger partial charge is 0.474 e. The van der Waals surface area contributed by atoms with E-state index in [4.69, 9.17) is 9.47 Å². The van der Waals surface area contributed by atoms with Crippen LogP contribution in [0, 0.1) is 0 Å². The maximum Gasteiger partial charge on any atom is 0.253 e. The molecule has 5 nitrogen and oxygen atoms in total. The molecule has 1 fully saturated rings. The Bertz CT molecular complexity index is 868. The summed E-state index contributed by atoms with van der Waals surface area (Å²) >= 11 is 0. The Kier molecular flexibility index (Phi) is 6.17. The second-order valence-electron chi connectivity index (χ2n) is 7.04. The second-order valence-corrected chi connectivity index (χ2v) is 7.04. The first kappa shape index (κ1) is 19.2. The van der Waals surface area contributed by atoms with E-state index in [-0.39, 0.29) is 18.1 Å². The van der Waals surface area contributed by atoms with Crippen molar-refractivity contribution in [3.63, 3.8) is 0 Å². The van der Waals surface area contributed by atoms with Crippen molar-refractivity contribution in [1.29, 1.82) is 0 Å². The molecule has 0 spiro atoms. The van der Waals surface area contributed by atoms with E-state index < -0.39 is 0 Å². The molecule has 2 aromatic carbocycles. The summed E-state index contributed by atoms with van der Waals surface area (Å²) in [4.78, 5) is 17.2. The van der Waals surface area contributed by atoms with Crippen LogP contribution < -0.4 is 10.1 Å². The molecule has 0 bridgehead atoms. The summed E-state index contributed by atoms with van der Waals surface area (Å²) in [5.74, 6) is 0.365. The van der Waals surface area contributed by atoms with Gasteiger partial charge in [-0.05, 0) is 17.2 Å². The Morgan fingerprint density at radius 1 is 0.931 bits per heavy atom. The van der Waals surface area contributed by atoms with Crippen LogP contribution in [0.2, 0.25) is 0 Å². The topological polar surface area (TPSA) is 60.5 Å². The van der Waals surface area contributed by atoms with Crippen LogP contribution in [-0.4, -0.2) is 30.2 Å². The third-order valence-corrected chi connectivity index (χ3v) is 5.00. The summed E-state index contributed by atoms with van der Waals surface area (Å²) in [6.07, 6.45) is 3.41. The minimum atomic E-state index is -0.233. The zero-order valence-corrected chi connectivity index (χ0v) is 16.2. The van der Waals surface area contributed by atoms with Crippen LogP contribution in [0.1, 0.15) is 40.4 Å². The monoisotopic (exact) mass is 388 g/mol. The van der Waals surface area contributed by atoms with E-state index in [9.17, 15) is 4.79 Å². The number of carbonyl (C=O) groups excluding carboxylic acids is 1. The number of carbonyl (C=O) groups is 1. The molecule has 2 heterocycles. The predicted octanol–water partition coefficient (Wildman–Crippen LogP) is 4.16. The van der Waals surface area contributed by atoms with Gasteiger partial charge in [0.05, 0.1) is 24.8 Å². The van der Waals surface area contributed by atoms with Crippen molar-refractivity contribution in [3.05, 3.63) is 95.7 Å². The fourth-order valence-electron chi connectivity index (χ4n) is 3.41. The van der Waals surface area contributed by atoms with Crippen molar-refractivity contribution in [1.82, 2.24) is 10.3 Å². The molecule has 29 heavy (non-hydrogen) atoms. The molecule has 0 saturated carbocycles. The van der Waals surface area contributed by atoms with E-state index in [0.29, 0.717) is 24.7 Å². The molecular weight excluding hydrogens is 364 g/mol. The number of rotatable bonds is 6. The number of hydrogen-bond acceptors (Lipinski definition) is 4. The highest BCUT2D eigenvalue weighted by atomic mass is 16.5. The molecule has 0 aliphatic carbocycles. The maximum absolute atomic E-state index is 12.9. The number of pyridine rings is 1. The van der Waals surface area contributed by atoms with Crippen molar-refractivity contribution in [2.24, 2.45) is 0 Å². The molecule has 1 aliphatic rings. The van der Waals surface area contributed by atoms with Gasteiger partial charge in [-0.25, -0.2) is 4.98 Å². The molecule has 1 saturated heterocycles. The highest BCUT2D eigenvalue weighted by molar-refractivity contribution is 5.94. The van der Waals surface area contributed by atoms with Gasteiger partial charge < -0.3 is 14.8 Å². The van der Waals surface area contributed by atoms with E-state index >= 15 is 0 Å². The number of hydrogen-bond donors (Lipinski definition) is 1. The molecule has 1 aromatic heterocycles. The van der Waals surface area contributed by atoms with Crippen LogP contribution in [0.5, 0.6) is 5.88 Å². The van der Waals surface area contributed by atoms with Crippen molar-refractivity contribution in [2.75, 3.05) is 13.2 Å². The van der Waals surface area contributed by atoms with Crippen LogP contribution in [0.4, 0.5) is 0 Å². The zero-order valence-electron chi connectivity index (χ0n) is 16.2. The molecule has 5 heteroatoms. The van der Waals surface area contributed by atoms with Crippen molar-refractivity contribution >= 4 is 5.91 Å². The first-order chi connectivity index (χ1) is 14.3. The normalized spacial score (nSPS) is 14.5. The molecule has 0 radical (unpaired) electrons. The second kappa shape index (κ2) is 9.34. The number of ether oxygens (including phenoxy) is 2. The lowest BCUT2D eigenvalue weighted by atomic mass is 9.98. The zero-order chi connectivity index (χ0) is 19.9. The van der Waals surface area contributed by atoms with Crippen LogP contribution in [0.15, 0.2) is 79.0 Å². The van der Waals surface area contributed by atoms with Crippen molar-refractivity contribution in [3.8, 4) is 5.88 Å². The SMILES string of the molecule is O=C(NC(c1ccccc1)c1ccccc1)c1ccc(OC2CCOCC2)nc1. The first-order valence-electron chi connectivity index (χ1n) is 9.91. The molecular formula is C24H24N2O3. The number of amides is 1. The Balaban J connectivity index is 1.47. The van der Waals surface area contributed by atoms with Crippen LogP contribution in [0.3, 0.4) is 0 Å². The summed E-state index contributed by atoms with van der Waals surface area (Å²) in [5, 5.41) is 3.13. The fraction of sp³-hybridized carbons (Fsp3) is 0.250. The average Bonchev–Trinajstić information content (AvgIpc) is 2.80. The summed E-state index contributed by atoms with van der Waals surface area (Å²) in [6.45, 7) is 1.43. The minimum absolute atomic E-state index is 0.122. The number of nitrogens with one attached hydrogen (secondary N) is 1. The molecule has 0 unspecified atom stereocenters.